The van der Waals surface area contributed by atoms with Gasteiger partial charge in [-0.2, -0.15) is 0 Å². The largest absolute Gasteiger partial charge is 0.497 e. The molecule has 1 aliphatic heterocycles. The van der Waals surface area contributed by atoms with Gasteiger partial charge in [0.2, 0.25) is 5.91 Å². The Morgan fingerprint density at radius 3 is 2.46 bits per heavy atom. The predicted molar refractivity (Wildman–Crippen MR) is 94.8 cm³/mol. The quantitative estimate of drug-likeness (QED) is 0.831. The lowest BCUT2D eigenvalue weighted by atomic mass is 9.94. The number of amides is 2. The van der Waals surface area contributed by atoms with Gasteiger partial charge in [-0.1, -0.05) is 0 Å². The van der Waals surface area contributed by atoms with E-state index in [1.54, 1.807) is 25.4 Å². The minimum absolute atomic E-state index is 0.293. The summed E-state index contributed by atoms with van der Waals surface area (Å²) < 4.78 is 10.8. The fourth-order valence-corrected chi connectivity index (χ4v) is 3.08. The zero-order valence-electron chi connectivity index (χ0n) is 14.3. The normalized spacial score (nSPS) is 16.8. The lowest BCUT2D eigenvalue weighted by Crippen LogP contribution is -2.48. The van der Waals surface area contributed by atoms with E-state index < -0.39 is 17.7 Å². The van der Waals surface area contributed by atoms with Crippen LogP contribution in [0, 0.1) is 0 Å². The summed E-state index contributed by atoms with van der Waals surface area (Å²) in [5, 5.41) is 2.92. The van der Waals surface area contributed by atoms with Crippen LogP contribution in [0.4, 0.5) is 4.79 Å². The minimum Gasteiger partial charge on any atom is -0.497 e. The summed E-state index contributed by atoms with van der Waals surface area (Å²) in [7, 11) is 2.83. The van der Waals surface area contributed by atoms with E-state index in [2.05, 4.69) is 21.2 Å². The molecule has 1 aromatic rings. The first-order valence-corrected chi connectivity index (χ1v) is 8.21. The number of carbonyl (C=O) groups excluding carboxylic acids is 2. The molecule has 1 heterocycles. The highest BCUT2D eigenvalue weighted by molar-refractivity contribution is 9.15. The van der Waals surface area contributed by atoms with Gasteiger partial charge in [-0.3, -0.25) is 9.69 Å². The lowest BCUT2D eigenvalue weighted by molar-refractivity contribution is -0.126. The van der Waals surface area contributed by atoms with E-state index in [1.165, 1.54) is 12.0 Å². The van der Waals surface area contributed by atoms with Crippen LogP contribution in [0.3, 0.4) is 0 Å². The Kier molecular flexibility index (Phi) is 5.22. The summed E-state index contributed by atoms with van der Waals surface area (Å²) >= 11 is 3.45. The van der Waals surface area contributed by atoms with Crippen molar-refractivity contribution in [2.24, 2.45) is 0 Å². The zero-order valence-corrected chi connectivity index (χ0v) is 15.9. The van der Waals surface area contributed by atoms with E-state index in [-0.39, 0.29) is 5.91 Å². The van der Waals surface area contributed by atoms with E-state index in [9.17, 15) is 9.59 Å². The van der Waals surface area contributed by atoms with E-state index >= 15 is 0 Å². The van der Waals surface area contributed by atoms with E-state index in [0.717, 1.165) is 5.56 Å². The maximum Gasteiger partial charge on any atom is 0.414 e. The Hall–Kier alpha value is -2.02. The van der Waals surface area contributed by atoms with Crippen molar-refractivity contribution in [2.75, 3.05) is 14.2 Å². The highest BCUT2D eigenvalue weighted by Gasteiger charge is 2.37. The van der Waals surface area contributed by atoms with Crippen molar-refractivity contribution >= 4 is 32.4 Å². The summed E-state index contributed by atoms with van der Waals surface area (Å²) in [6.07, 6.45) is 0.947. The smallest absolute Gasteiger partial charge is 0.414 e. The molecule has 0 fully saturated rings. The molecule has 0 saturated carbocycles. The van der Waals surface area contributed by atoms with Crippen molar-refractivity contribution in [1.29, 1.82) is 0 Å². The molecule has 1 aromatic carbocycles. The van der Waals surface area contributed by atoms with Crippen molar-refractivity contribution < 1.29 is 19.1 Å². The second-order valence-electron chi connectivity index (χ2n) is 6.45. The van der Waals surface area contributed by atoms with Gasteiger partial charge in [-0.05, 0) is 66.0 Å². The second-order valence-corrected chi connectivity index (χ2v) is 7.30. The number of fused-ring (bicyclic) bond motifs is 1. The summed E-state index contributed by atoms with van der Waals surface area (Å²) in [5.74, 6) is 0.313. The number of rotatable bonds is 2. The molecule has 0 saturated heterocycles. The van der Waals surface area contributed by atoms with Crippen LogP contribution in [-0.2, 0) is 9.53 Å². The lowest BCUT2D eigenvalue weighted by Gasteiger charge is -2.34. The summed E-state index contributed by atoms with van der Waals surface area (Å²) in [6, 6.07) is 4.57. The monoisotopic (exact) mass is 396 g/mol. The molecule has 7 heteroatoms. The molecule has 1 aliphatic rings. The molecule has 24 heavy (non-hydrogen) atoms. The average Bonchev–Trinajstić information content (AvgIpc) is 2.51. The number of nitrogens with zero attached hydrogens (tertiary/aromatic N) is 1. The summed E-state index contributed by atoms with van der Waals surface area (Å²) in [6.45, 7) is 5.65. The van der Waals surface area contributed by atoms with E-state index in [1.807, 2.05) is 26.8 Å². The SMILES string of the molecule is COC(=O)N1C=C(Br)c2ccc(OC)cc2C1C(=O)NC(C)(C)C. The van der Waals surface area contributed by atoms with Gasteiger partial charge in [0.25, 0.3) is 0 Å². The van der Waals surface area contributed by atoms with Crippen LogP contribution in [0.1, 0.15) is 37.9 Å². The molecule has 2 amide bonds. The number of ether oxygens (including phenoxy) is 2. The van der Waals surface area contributed by atoms with Gasteiger partial charge in [0.05, 0.1) is 14.2 Å². The topological polar surface area (TPSA) is 67.9 Å². The fourth-order valence-electron chi connectivity index (χ4n) is 2.50. The van der Waals surface area contributed by atoms with E-state index in [0.29, 0.717) is 15.8 Å². The van der Waals surface area contributed by atoms with Gasteiger partial charge in [0.15, 0.2) is 0 Å². The molecule has 0 bridgehead atoms. The van der Waals surface area contributed by atoms with Gasteiger partial charge in [0, 0.05) is 16.2 Å². The van der Waals surface area contributed by atoms with Crippen LogP contribution in [0.2, 0.25) is 0 Å². The average molecular weight is 397 g/mol. The first kappa shape index (κ1) is 18.3. The van der Waals surface area contributed by atoms with Gasteiger partial charge >= 0.3 is 6.09 Å². The number of benzene rings is 1. The van der Waals surface area contributed by atoms with Crippen LogP contribution in [0.25, 0.3) is 4.48 Å². The minimum atomic E-state index is -0.844. The van der Waals surface area contributed by atoms with Crippen LogP contribution < -0.4 is 10.1 Å². The van der Waals surface area contributed by atoms with Gasteiger partial charge in [-0.25, -0.2) is 4.79 Å². The van der Waals surface area contributed by atoms with E-state index in [4.69, 9.17) is 9.47 Å². The molecule has 0 radical (unpaired) electrons. The standard InChI is InChI=1S/C17H21BrN2O4/c1-17(2,3)19-15(21)14-12-8-10(23-4)6-7-11(12)13(18)9-20(14)16(22)24-5/h6-9,14H,1-5H3,(H,19,21). The molecular formula is C17H21BrN2O4. The van der Waals surface area contributed by atoms with Gasteiger partial charge in [0.1, 0.15) is 11.8 Å². The summed E-state index contributed by atoms with van der Waals surface area (Å²) in [4.78, 5) is 26.3. The molecule has 130 valence electrons. The molecule has 2 rings (SSSR count). The molecule has 1 unspecified atom stereocenters. The van der Waals surface area contributed by atoms with Crippen molar-refractivity contribution in [2.45, 2.75) is 32.4 Å². The van der Waals surface area contributed by atoms with Crippen LogP contribution in [0.5, 0.6) is 5.75 Å². The first-order chi connectivity index (χ1) is 11.2. The Labute approximate surface area is 149 Å². The molecule has 0 aromatic heterocycles. The first-order valence-electron chi connectivity index (χ1n) is 7.42. The Bertz CT molecular complexity index is 694. The maximum atomic E-state index is 12.9. The van der Waals surface area contributed by atoms with Crippen LogP contribution in [0.15, 0.2) is 24.4 Å². The van der Waals surface area contributed by atoms with Crippen LogP contribution >= 0.6 is 15.9 Å². The second kappa shape index (κ2) is 6.84. The molecule has 1 N–H and O–H groups in total. The molecule has 0 spiro atoms. The van der Waals surface area contributed by atoms with Crippen LogP contribution in [-0.4, -0.2) is 36.7 Å². The highest BCUT2D eigenvalue weighted by atomic mass is 79.9. The number of hydrogen-bond acceptors (Lipinski definition) is 4. The molecule has 1 atom stereocenters. The third-order valence-electron chi connectivity index (χ3n) is 3.47. The Morgan fingerprint density at radius 1 is 1.25 bits per heavy atom. The number of hydrogen-bond donors (Lipinski definition) is 1. The zero-order chi connectivity index (χ0) is 18.1. The number of methoxy groups -OCH3 is 2. The number of carbonyl (C=O) groups is 2. The number of halogens is 1. The van der Waals surface area contributed by atoms with Gasteiger partial charge < -0.3 is 14.8 Å². The molecule has 0 aliphatic carbocycles. The van der Waals surface area contributed by atoms with Crippen molar-refractivity contribution in [3.8, 4) is 5.75 Å². The Morgan fingerprint density at radius 2 is 1.92 bits per heavy atom. The summed E-state index contributed by atoms with van der Waals surface area (Å²) in [5.41, 5.74) is 1.05. The molecular weight excluding hydrogens is 376 g/mol. The third-order valence-corrected chi connectivity index (χ3v) is 4.11. The van der Waals surface area contributed by atoms with Crippen molar-refractivity contribution in [3.05, 3.63) is 35.5 Å². The fraction of sp³-hybridized carbons (Fsp3) is 0.412. The van der Waals surface area contributed by atoms with Crippen molar-refractivity contribution in [1.82, 2.24) is 10.2 Å². The molecule has 6 nitrogen and oxygen atoms in total. The third kappa shape index (κ3) is 3.72. The Balaban J connectivity index is 2.57. The maximum absolute atomic E-state index is 12.9. The highest BCUT2D eigenvalue weighted by Crippen LogP contribution is 2.40. The predicted octanol–water partition coefficient (Wildman–Crippen LogP) is 3.43. The number of nitrogens with one attached hydrogen (secondary N) is 1. The van der Waals surface area contributed by atoms with Crippen molar-refractivity contribution in [3.63, 3.8) is 0 Å². The van der Waals surface area contributed by atoms with Gasteiger partial charge in [-0.15, -0.1) is 0 Å².